The van der Waals surface area contributed by atoms with Gasteiger partial charge in [-0.05, 0) is 37.5 Å². The van der Waals surface area contributed by atoms with Gasteiger partial charge in [-0.15, -0.1) is 0 Å². The van der Waals surface area contributed by atoms with Crippen LogP contribution in [0.4, 0.5) is 4.39 Å². The van der Waals surface area contributed by atoms with Crippen molar-refractivity contribution in [2.24, 2.45) is 0 Å². The number of aryl methyl sites for hydroxylation is 1. The van der Waals surface area contributed by atoms with E-state index in [1.807, 2.05) is 4.57 Å². The summed E-state index contributed by atoms with van der Waals surface area (Å²) in [5, 5.41) is 9.90. The second-order valence-electron chi connectivity index (χ2n) is 4.75. The number of rotatable bonds is 1. The second-order valence-corrected chi connectivity index (χ2v) is 4.75. The molecule has 18 heavy (non-hydrogen) atoms. The number of halogens is 1. The van der Waals surface area contributed by atoms with Crippen LogP contribution in [-0.4, -0.2) is 15.6 Å². The van der Waals surface area contributed by atoms with Gasteiger partial charge in [0.15, 0.2) is 0 Å². The third kappa shape index (κ3) is 1.60. The monoisotopic (exact) mass is 247 g/mol. The van der Waals surface area contributed by atoms with Crippen LogP contribution in [0.5, 0.6) is 0 Å². The van der Waals surface area contributed by atoms with Crippen molar-refractivity contribution in [2.75, 3.05) is 0 Å². The Labute approximate surface area is 104 Å². The number of aromatic nitrogens is 1. The Kier molecular flexibility index (Phi) is 2.58. The summed E-state index contributed by atoms with van der Waals surface area (Å²) in [6.07, 6.45) is 3.92. The van der Waals surface area contributed by atoms with E-state index >= 15 is 0 Å². The summed E-state index contributed by atoms with van der Waals surface area (Å²) in [6.45, 7) is 0.824. The first-order chi connectivity index (χ1) is 8.68. The molecule has 0 saturated heterocycles. The molecular formula is C14H14FNO2. The maximum absolute atomic E-state index is 13.3. The normalized spacial score (nSPS) is 15.4. The predicted molar refractivity (Wildman–Crippen MR) is 66.4 cm³/mol. The molecule has 1 N–H and O–H groups in total. The number of hydrogen-bond acceptors (Lipinski definition) is 1. The molecule has 1 aromatic heterocycles. The van der Waals surface area contributed by atoms with Crippen molar-refractivity contribution < 1.29 is 14.3 Å². The van der Waals surface area contributed by atoms with Gasteiger partial charge in [0.2, 0.25) is 0 Å². The Bertz CT molecular complexity index is 630. The number of benzene rings is 1. The fourth-order valence-corrected chi connectivity index (χ4v) is 2.87. The van der Waals surface area contributed by atoms with E-state index in [4.69, 9.17) is 0 Å². The second kappa shape index (κ2) is 4.12. The molecule has 94 valence electrons. The van der Waals surface area contributed by atoms with Crippen LogP contribution in [0.15, 0.2) is 18.2 Å². The number of aromatic carboxylic acids is 1. The molecule has 0 fully saturated rings. The van der Waals surface area contributed by atoms with Crippen molar-refractivity contribution in [3.63, 3.8) is 0 Å². The Morgan fingerprint density at radius 1 is 1.28 bits per heavy atom. The Balaban J connectivity index is 2.37. The standard InChI is InChI=1S/C14H14FNO2/c15-9-5-6-11-10(8-9)13(14(17)18)12-4-2-1-3-7-16(11)12/h5-6,8H,1-4,7H2,(H,17,18). The maximum atomic E-state index is 13.3. The van der Waals surface area contributed by atoms with Crippen LogP contribution in [0.3, 0.4) is 0 Å². The number of carbonyl (C=O) groups is 1. The van der Waals surface area contributed by atoms with Crippen LogP contribution in [-0.2, 0) is 13.0 Å². The topological polar surface area (TPSA) is 42.2 Å². The number of carboxylic acid groups (broad SMARTS) is 1. The van der Waals surface area contributed by atoms with Crippen LogP contribution in [0, 0.1) is 5.82 Å². The lowest BCUT2D eigenvalue weighted by molar-refractivity contribution is 0.0697. The van der Waals surface area contributed by atoms with Crippen molar-refractivity contribution in [3.05, 3.63) is 35.3 Å². The fraction of sp³-hybridized carbons (Fsp3) is 0.357. The van der Waals surface area contributed by atoms with E-state index in [1.54, 1.807) is 6.07 Å². The molecule has 0 amide bonds. The van der Waals surface area contributed by atoms with Crippen molar-refractivity contribution in [1.82, 2.24) is 4.57 Å². The number of nitrogens with zero attached hydrogens (tertiary/aromatic N) is 1. The molecule has 0 bridgehead atoms. The fourth-order valence-electron chi connectivity index (χ4n) is 2.87. The average molecular weight is 247 g/mol. The first kappa shape index (κ1) is 11.3. The van der Waals surface area contributed by atoms with E-state index in [-0.39, 0.29) is 11.4 Å². The average Bonchev–Trinajstić information content (AvgIpc) is 2.48. The van der Waals surface area contributed by atoms with Crippen molar-refractivity contribution in [2.45, 2.75) is 32.2 Å². The Morgan fingerprint density at radius 3 is 2.89 bits per heavy atom. The van der Waals surface area contributed by atoms with Crippen molar-refractivity contribution in [1.29, 1.82) is 0 Å². The summed E-state index contributed by atoms with van der Waals surface area (Å²) >= 11 is 0. The molecule has 3 rings (SSSR count). The molecule has 0 saturated carbocycles. The minimum absolute atomic E-state index is 0.284. The summed E-state index contributed by atoms with van der Waals surface area (Å²) in [6, 6.07) is 4.42. The van der Waals surface area contributed by atoms with E-state index in [2.05, 4.69) is 0 Å². The summed E-state index contributed by atoms with van der Waals surface area (Å²) in [5.74, 6) is -1.34. The van der Waals surface area contributed by atoms with Gasteiger partial charge in [0.25, 0.3) is 0 Å². The van der Waals surface area contributed by atoms with Gasteiger partial charge in [-0.3, -0.25) is 0 Å². The van der Waals surface area contributed by atoms with Crippen molar-refractivity contribution >= 4 is 16.9 Å². The molecule has 4 heteroatoms. The largest absolute Gasteiger partial charge is 0.478 e. The van der Waals surface area contributed by atoms with E-state index in [0.29, 0.717) is 5.39 Å². The lowest BCUT2D eigenvalue weighted by Crippen LogP contribution is -2.04. The highest BCUT2D eigenvalue weighted by Gasteiger charge is 2.23. The zero-order valence-corrected chi connectivity index (χ0v) is 9.95. The third-order valence-corrected chi connectivity index (χ3v) is 3.64. The van der Waals surface area contributed by atoms with E-state index in [9.17, 15) is 14.3 Å². The van der Waals surface area contributed by atoms with Gasteiger partial charge in [-0.2, -0.15) is 0 Å². The number of hydrogen-bond donors (Lipinski definition) is 1. The highest BCUT2D eigenvalue weighted by Crippen LogP contribution is 2.30. The minimum Gasteiger partial charge on any atom is -0.478 e. The first-order valence-electron chi connectivity index (χ1n) is 6.22. The summed E-state index contributed by atoms with van der Waals surface area (Å²) in [7, 11) is 0. The molecule has 0 radical (unpaired) electrons. The van der Waals surface area contributed by atoms with Gasteiger partial charge >= 0.3 is 5.97 Å². The lowest BCUT2D eigenvalue weighted by Gasteiger charge is -2.05. The van der Waals surface area contributed by atoms with Gasteiger partial charge in [-0.25, -0.2) is 9.18 Å². The molecule has 0 unspecified atom stereocenters. The predicted octanol–water partition coefficient (Wildman–Crippen LogP) is 3.21. The van der Waals surface area contributed by atoms with Gasteiger partial charge in [0, 0.05) is 23.1 Å². The molecule has 1 aromatic carbocycles. The van der Waals surface area contributed by atoms with Crippen LogP contribution in [0.1, 0.15) is 35.3 Å². The summed E-state index contributed by atoms with van der Waals surface area (Å²) < 4.78 is 15.4. The number of carboxylic acids is 1. The van der Waals surface area contributed by atoms with Crippen LogP contribution in [0.2, 0.25) is 0 Å². The highest BCUT2D eigenvalue weighted by atomic mass is 19.1. The van der Waals surface area contributed by atoms with E-state index in [0.717, 1.165) is 43.4 Å². The molecule has 1 aliphatic heterocycles. The number of fused-ring (bicyclic) bond motifs is 3. The summed E-state index contributed by atoms with van der Waals surface area (Å²) in [5.41, 5.74) is 1.97. The molecule has 2 aromatic rings. The van der Waals surface area contributed by atoms with E-state index in [1.165, 1.54) is 12.1 Å². The molecule has 1 aliphatic rings. The van der Waals surface area contributed by atoms with Crippen LogP contribution >= 0.6 is 0 Å². The molecule has 0 aliphatic carbocycles. The lowest BCUT2D eigenvalue weighted by atomic mass is 10.1. The molecular weight excluding hydrogens is 233 g/mol. The van der Waals surface area contributed by atoms with Crippen LogP contribution < -0.4 is 0 Å². The Morgan fingerprint density at radius 2 is 2.11 bits per heavy atom. The molecule has 3 nitrogen and oxygen atoms in total. The zero-order valence-electron chi connectivity index (χ0n) is 9.95. The molecule has 0 atom stereocenters. The Hall–Kier alpha value is -1.84. The minimum atomic E-state index is -0.957. The van der Waals surface area contributed by atoms with Gasteiger partial charge in [0.1, 0.15) is 5.82 Å². The summed E-state index contributed by atoms with van der Waals surface area (Å²) in [4.78, 5) is 11.4. The highest BCUT2D eigenvalue weighted by molar-refractivity contribution is 6.05. The maximum Gasteiger partial charge on any atom is 0.338 e. The van der Waals surface area contributed by atoms with Gasteiger partial charge in [0.05, 0.1) is 5.56 Å². The van der Waals surface area contributed by atoms with Crippen LogP contribution in [0.25, 0.3) is 10.9 Å². The molecule has 0 spiro atoms. The zero-order chi connectivity index (χ0) is 12.7. The quantitative estimate of drug-likeness (QED) is 0.840. The van der Waals surface area contributed by atoms with Crippen molar-refractivity contribution in [3.8, 4) is 0 Å². The van der Waals surface area contributed by atoms with Gasteiger partial charge in [-0.1, -0.05) is 6.42 Å². The third-order valence-electron chi connectivity index (χ3n) is 3.64. The molecule has 2 heterocycles. The SMILES string of the molecule is O=C(O)c1c2n(c3ccc(F)cc13)CCCCC2. The van der Waals surface area contributed by atoms with E-state index < -0.39 is 5.97 Å². The first-order valence-corrected chi connectivity index (χ1v) is 6.22. The smallest absolute Gasteiger partial charge is 0.338 e. The van der Waals surface area contributed by atoms with Gasteiger partial charge < -0.3 is 9.67 Å².